The molecule has 12 heavy (non-hydrogen) atoms. The second-order valence-corrected chi connectivity index (χ2v) is 3.63. The molecule has 0 N–H and O–H groups in total. The van der Waals surface area contributed by atoms with E-state index in [9.17, 15) is 0 Å². The Kier molecular flexibility index (Phi) is 9.64. The zero-order valence-electron chi connectivity index (χ0n) is 8.38. The summed E-state index contributed by atoms with van der Waals surface area (Å²) in [5.74, 6) is 1.62. The molecule has 0 aliphatic rings. The van der Waals surface area contributed by atoms with Crippen molar-refractivity contribution in [2.75, 3.05) is 19.0 Å². The first-order valence-corrected chi connectivity index (χ1v) is 5.66. The fraction of sp³-hybridized carbons (Fsp3) is 1.00. The molecule has 0 bridgehead atoms. The van der Waals surface area contributed by atoms with E-state index in [1.807, 2.05) is 0 Å². The molecule has 1 nitrogen and oxygen atoms in total. The molecular formula is C10H22OS. The van der Waals surface area contributed by atoms with Gasteiger partial charge in [0, 0.05) is 6.61 Å². The fourth-order valence-electron chi connectivity index (χ4n) is 1.13. The van der Waals surface area contributed by atoms with Crippen molar-refractivity contribution < 1.29 is 4.74 Å². The highest BCUT2D eigenvalue weighted by molar-refractivity contribution is 7.80. The zero-order valence-corrected chi connectivity index (χ0v) is 9.28. The van der Waals surface area contributed by atoms with Gasteiger partial charge in [0.05, 0.1) is 6.61 Å². The molecule has 74 valence electrons. The van der Waals surface area contributed by atoms with Gasteiger partial charge in [0.25, 0.3) is 0 Å². The molecule has 0 fully saturated rings. The molecule has 0 radical (unpaired) electrons. The predicted molar refractivity (Wildman–Crippen MR) is 58.0 cm³/mol. The number of unbranched alkanes of at least 4 members (excludes halogenated alkanes) is 1. The lowest BCUT2D eigenvalue weighted by Crippen LogP contribution is -2.11. The molecule has 0 rings (SSSR count). The lowest BCUT2D eigenvalue weighted by atomic mass is 10.1. The molecule has 0 spiro atoms. The van der Waals surface area contributed by atoms with Crippen LogP contribution in [0.1, 0.15) is 39.5 Å². The highest BCUT2D eigenvalue weighted by Crippen LogP contribution is 2.08. The van der Waals surface area contributed by atoms with Crippen LogP contribution in [-0.2, 0) is 4.74 Å². The van der Waals surface area contributed by atoms with Crippen molar-refractivity contribution in [3.63, 3.8) is 0 Å². The summed E-state index contributed by atoms with van der Waals surface area (Å²) >= 11 is 4.29. The first kappa shape index (κ1) is 12.3. The Balaban J connectivity index is 3.19. The minimum Gasteiger partial charge on any atom is -0.381 e. The summed E-state index contributed by atoms with van der Waals surface area (Å²) in [6.45, 7) is 6.22. The Morgan fingerprint density at radius 2 is 2.00 bits per heavy atom. The minimum absolute atomic E-state index is 0.662. The van der Waals surface area contributed by atoms with Crippen LogP contribution in [0, 0.1) is 5.92 Å². The first-order valence-electron chi connectivity index (χ1n) is 5.03. The maximum absolute atomic E-state index is 5.53. The van der Waals surface area contributed by atoms with Crippen LogP contribution in [0.2, 0.25) is 0 Å². The molecule has 0 amide bonds. The van der Waals surface area contributed by atoms with E-state index < -0.39 is 0 Å². The van der Waals surface area contributed by atoms with Crippen LogP contribution in [0.3, 0.4) is 0 Å². The normalized spacial score (nSPS) is 13.2. The average molecular weight is 190 g/mol. The Hall–Kier alpha value is 0.310. The van der Waals surface area contributed by atoms with E-state index in [1.165, 1.54) is 25.7 Å². The summed E-state index contributed by atoms with van der Waals surface area (Å²) in [6, 6.07) is 0. The number of thiol groups is 1. The highest BCUT2D eigenvalue weighted by Gasteiger charge is 2.04. The molecule has 0 aromatic carbocycles. The van der Waals surface area contributed by atoms with Crippen LogP contribution < -0.4 is 0 Å². The van der Waals surface area contributed by atoms with Crippen LogP contribution in [-0.4, -0.2) is 19.0 Å². The smallest absolute Gasteiger partial charge is 0.0502 e. The molecule has 0 aromatic rings. The largest absolute Gasteiger partial charge is 0.381 e. The summed E-state index contributed by atoms with van der Waals surface area (Å²) in [4.78, 5) is 0. The van der Waals surface area contributed by atoms with E-state index in [4.69, 9.17) is 4.74 Å². The Morgan fingerprint density at radius 3 is 2.50 bits per heavy atom. The summed E-state index contributed by atoms with van der Waals surface area (Å²) in [6.07, 6.45) is 4.89. The van der Waals surface area contributed by atoms with Gasteiger partial charge in [-0.3, -0.25) is 0 Å². The quantitative estimate of drug-likeness (QED) is 0.457. The van der Waals surface area contributed by atoms with Gasteiger partial charge in [0.1, 0.15) is 0 Å². The lowest BCUT2D eigenvalue weighted by molar-refractivity contribution is 0.101. The summed E-state index contributed by atoms with van der Waals surface area (Å²) in [7, 11) is 0. The monoisotopic (exact) mass is 190 g/mol. The predicted octanol–water partition coefficient (Wildman–Crippen LogP) is 3.15. The van der Waals surface area contributed by atoms with E-state index in [0.29, 0.717) is 5.92 Å². The van der Waals surface area contributed by atoms with Gasteiger partial charge in [0.2, 0.25) is 0 Å². The maximum Gasteiger partial charge on any atom is 0.0502 e. The van der Waals surface area contributed by atoms with Gasteiger partial charge in [-0.1, -0.05) is 26.7 Å². The van der Waals surface area contributed by atoms with Crippen LogP contribution in [0.25, 0.3) is 0 Å². The van der Waals surface area contributed by atoms with Crippen molar-refractivity contribution in [2.24, 2.45) is 5.92 Å². The molecule has 0 saturated carbocycles. The number of hydrogen-bond donors (Lipinski definition) is 1. The van der Waals surface area contributed by atoms with Crippen molar-refractivity contribution in [2.45, 2.75) is 39.5 Å². The number of rotatable bonds is 8. The highest BCUT2D eigenvalue weighted by atomic mass is 32.1. The third kappa shape index (κ3) is 6.99. The van der Waals surface area contributed by atoms with Gasteiger partial charge >= 0.3 is 0 Å². The van der Waals surface area contributed by atoms with Gasteiger partial charge in [0.15, 0.2) is 0 Å². The third-order valence-electron chi connectivity index (χ3n) is 1.95. The fourth-order valence-corrected chi connectivity index (χ4v) is 1.42. The van der Waals surface area contributed by atoms with Crippen molar-refractivity contribution in [3.8, 4) is 0 Å². The van der Waals surface area contributed by atoms with Gasteiger partial charge < -0.3 is 4.74 Å². The molecule has 1 atom stereocenters. The molecule has 2 heteroatoms. The number of ether oxygens (including phenoxy) is 1. The second-order valence-electron chi connectivity index (χ2n) is 3.27. The van der Waals surface area contributed by atoms with E-state index in [-0.39, 0.29) is 0 Å². The third-order valence-corrected chi connectivity index (χ3v) is 2.47. The number of hydrogen-bond acceptors (Lipinski definition) is 2. The molecule has 1 unspecified atom stereocenters. The minimum atomic E-state index is 0.662. The van der Waals surface area contributed by atoms with Crippen molar-refractivity contribution in [3.05, 3.63) is 0 Å². The SMILES string of the molecule is CCCCOCC(CS)CCC. The van der Waals surface area contributed by atoms with Crippen molar-refractivity contribution in [1.82, 2.24) is 0 Å². The molecule has 0 aromatic heterocycles. The Morgan fingerprint density at radius 1 is 1.25 bits per heavy atom. The van der Waals surface area contributed by atoms with E-state index in [0.717, 1.165) is 19.0 Å². The van der Waals surface area contributed by atoms with Crippen LogP contribution in [0.5, 0.6) is 0 Å². The summed E-state index contributed by atoms with van der Waals surface area (Å²) in [5.41, 5.74) is 0. The maximum atomic E-state index is 5.53. The first-order chi connectivity index (χ1) is 5.85. The van der Waals surface area contributed by atoms with Crippen LogP contribution >= 0.6 is 12.6 Å². The molecule has 0 saturated heterocycles. The average Bonchev–Trinajstić information content (AvgIpc) is 2.10. The molecule has 0 aliphatic heterocycles. The van der Waals surface area contributed by atoms with E-state index in [1.54, 1.807) is 0 Å². The van der Waals surface area contributed by atoms with Crippen LogP contribution in [0.4, 0.5) is 0 Å². The van der Waals surface area contributed by atoms with E-state index >= 15 is 0 Å². The Labute approximate surface area is 82.3 Å². The Bertz CT molecular complexity index is 85.9. The van der Waals surface area contributed by atoms with E-state index in [2.05, 4.69) is 26.5 Å². The summed E-state index contributed by atoms with van der Waals surface area (Å²) < 4.78 is 5.53. The van der Waals surface area contributed by atoms with Crippen molar-refractivity contribution >= 4 is 12.6 Å². The van der Waals surface area contributed by atoms with Gasteiger partial charge in [-0.25, -0.2) is 0 Å². The lowest BCUT2D eigenvalue weighted by Gasteiger charge is -2.12. The van der Waals surface area contributed by atoms with Crippen molar-refractivity contribution in [1.29, 1.82) is 0 Å². The molecule has 0 aliphatic carbocycles. The van der Waals surface area contributed by atoms with Gasteiger partial charge in [-0.2, -0.15) is 12.6 Å². The standard InChI is InChI=1S/C10H22OS/c1-3-5-7-11-8-10(9-12)6-4-2/h10,12H,3-9H2,1-2H3. The molecule has 0 heterocycles. The van der Waals surface area contributed by atoms with Gasteiger partial charge in [-0.15, -0.1) is 0 Å². The second kappa shape index (κ2) is 9.40. The topological polar surface area (TPSA) is 9.23 Å². The summed E-state index contributed by atoms with van der Waals surface area (Å²) in [5, 5.41) is 0. The zero-order chi connectivity index (χ0) is 9.23. The van der Waals surface area contributed by atoms with Crippen LogP contribution in [0.15, 0.2) is 0 Å². The van der Waals surface area contributed by atoms with Gasteiger partial charge in [-0.05, 0) is 24.5 Å². The molecular weight excluding hydrogens is 168 g/mol.